The van der Waals surface area contributed by atoms with Gasteiger partial charge >= 0.3 is 5.97 Å². The highest BCUT2D eigenvalue weighted by Crippen LogP contribution is 2.37. The van der Waals surface area contributed by atoms with E-state index in [0.29, 0.717) is 28.0 Å². The molecule has 0 bridgehead atoms. The van der Waals surface area contributed by atoms with Gasteiger partial charge in [-0.15, -0.1) is 6.58 Å². The molecule has 26 heavy (non-hydrogen) atoms. The van der Waals surface area contributed by atoms with E-state index in [0.717, 1.165) is 16.9 Å². The summed E-state index contributed by atoms with van der Waals surface area (Å²) in [7, 11) is 0. The molecule has 5 heteroatoms. The van der Waals surface area contributed by atoms with Gasteiger partial charge in [0.05, 0.1) is 17.7 Å². The van der Waals surface area contributed by atoms with Crippen LogP contribution in [0.15, 0.2) is 49.1 Å². The summed E-state index contributed by atoms with van der Waals surface area (Å²) in [5.41, 5.74) is 3.49. The van der Waals surface area contributed by atoms with E-state index in [-0.39, 0.29) is 12.4 Å². The molecule has 0 atom stereocenters. The van der Waals surface area contributed by atoms with Crippen molar-refractivity contribution in [3.8, 4) is 11.4 Å². The van der Waals surface area contributed by atoms with Crippen LogP contribution in [0.2, 0.25) is 5.02 Å². The Morgan fingerprint density at radius 1 is 1.35 bits per heavy atom. The van der Waals surface area contributed by atoms with Crippen molar-refractivity contribution in [2.45, 2.75) is 20.3 Å². The predicted molar refractivity (Wildman–Crippen MR) is 105 cm³/mol. The Morgan fingerprint density at radius 3 is 2.77 bits per heavy atom. The third-order valence-electron chi connectivity index (χ3n) is 4.35. The molecule has 4 nitrogen and oxygen atoms in total. The molecule has 0 aliphatic rings. The van der Waals surface area contributed by atoms with Crippen molar-refractivity contribution >= 4 is 28.5 Å². The van der Waals surface area contributed by atoms with Gasteiger partial charge in [0.15, 0.2) is 0 Å². The van der Waals surface area contributed by atoms with Crippen molar-refractivity contribution in [1.29, 1.82) is 0 Å². The molecule has 0 radical (unpaired) electrons. The third kappa shape index (κ3) is 2.97. The molecule has 0 fully saturated rings. The van der Waals surface area contributed by atoms with Crippen LogP contribution >= 0.6 is 11.6 Å². The van der Waals surface area contributed by atoms with Crippen molar-refractivity contribution in [3.05, 3.63) is 70.9 Å². The maximum absolute atomic E-state index is 12.7. The first kappa shape index (κ1) is 18.1. The SMILES string of the molecule is C=CCc1c(O)ccc2c1c(C(=O)OCC)c(C)n2-c1cccc(Cl)c1. The van der Waals surface area contributed by atoms with Gasteiger partial charge in [0.25, 0.3) is 0 Å². The fraction of sp³-hybridized carbons (Fsp3) is 0.190. The first-order valence-electron chi connectivity index (χ1n) is 8.39. The van der Waals surface area contributed by atoms with Gasteiger partial charge in [0.1, 0.15) is 5.75 Å². The lowest BCUT2D eigenvalue weighted by Gasteiger charge is -2.10. The Kier molecular flexibility index (Phi) is 5.05. The smallest absolute Gasteiger partial charge is 0.340 e. The lowest BCUT2D eigenvalue weighted by Crippen LogP contribution is -2.07. The molecule has 1 heterocycles. The van der Waals surface area contributed by atoms with Gasteiger partial charge < -0.3 is 14.4 Å². The number of aromatic hydroxyl groups is 1. The molecule has 0 spiro atoms. The Balaban J connectivity index is 2.43. The summed E-state index contributed by atoms with van der Waals surface area (Å²) < 4.78 is 7.23. The van der Waals surface area contributed by atoms with Gasteiger partial charge in [-0.25, -0.2) is 4.79 Å². The fourth-order valence-corrected chi connectivity index (χ4v) is 3.50. The molecule has 0 aliphatic carbocycles. The van der Waals surface area contributed by atoms with Gasteiger partial charge in [-0.2, -0.15) is 0 Å². The highest BCUT2D eigenvalue weighted by atomic mass is 35.5. The zero-order chi connectivity index (χ0) is 18.8. The molecule has 0 saturated heterocycles. The summed E-state index contributed by atoms with van der Waals surface area (Å²) in [5.74, 6) is -0.280. The van der Waals surface area contributed by atoms with Crippen molar-refractivity contribution in [1.82, 2.24) is 4.57 Å². The van der Waals surface area contributed by atoms with Crippen molar-refractivity contribution in [2.75, 3.05) is 6.61 Å². The zero-order valence-corrected chi connectivity index (χ0v) is 15.5. The largest absolute Gasteiger partial charge is 0.508 e. The quantitative estimate of drug-likeness (QED) is 0.496. The summed E-state index contributed by atoms with van der Waals surface area (Å²) in [6, 6.07) is 10.9. The molecule has 0 aliphatic heterocycles. The number of esters is 1. The van der Waals surface area contributed by atoms with Gasteiger partial charge in [-0.05, 0) is 50.6 Å². The highest BCUT2D eigenvalue weighted by Gasteiger charge is 2.25. The number of ether oxygens (including phenoxy) is 1. The number of allylic oxidation sites excluding steroid dienone is 1. The van der Waals surface area contributed by atoms with E-state index in [9.17, 15) is 9.90 Å². The Morgan fingerprint density at radius 2 is 2.12 bits per heavy atom. The second kappa shape index (κ2) is 7.26. The molecular formula is C21H20ClNO3. The maximum atomic E-state index is 12.7. The minimum Gasteiger partial charge on any atom is -0.508 e. The number of phenols is 1. The number of halogens is 1. The fourth-order valence-electron chi connectivity index (χ4n) is 3.32. The van der Waals surface area contributed by atoms with Crippen LogP contribution in [0.25, 0.3) is 16.6 Å². The number of hydrogen-bond donors (Lipinski definition) is 1. The number of fused-ring (bicyclic) bond motifs is 1. The van der Waals surface area contributed by atoms with Crippen LogP contribution in [-0.2, 0) is 11.2 Å². The zero-order valence-electron chi connectivity index (χ0n) is 14.8. The second-order valence-electron chi connectivity index (χ2n) is 5.95. The predicted octanol–water partition coefficient (Wildman–Crippen LogP) is 5.20. The summed E-state index contributed by atoms with van der Waals surface area (Å²) in [4.78, 5) is 12.7. The summed E-state index contributed by atoms with van der Waals surface area (Å²) in [5, 5.41) is 11.6. The average Bonchev–Trinajstić information content (AvgIpc) is 2.90. The van der Waals surface area contributed by atoms with Gasteiger partial charge in [-0.1, -0.05) is 23.7 Å². The van der Waals surface area contributed by atoms with Crippen LogP contribution in [0.3, 0.4) is 0 Å². The lowest BCUT2D eigenvalue weighted by atomic mass is 10.0. The van der Waals surface area contributed by atoms with Crippen molar-refractivity contribution in [3.63, 3.8) is 0 Å². The number of carbonyl (C=O) groups excluding carboxylic acids is 1. The molecular weight excluding hydrogens is 350 g/mol. The summed E-state index contributed by atoms with van der Waals surface area (Å²) in [6.07, 6.45) is 2.14. The highest BCUT2D eigenvalue weighted by molar-refractivity contribution is 6.30. The minimum absolute atomic E-state index is 0.131. The first-order chi connectivity index (χ1) is 12.5. The molecule has 0 unspecified atom stereocenters. The van der Waals surface area contributed by atoms with Crippen LogP contribution in [0, 0.1) is 6.92 Å². The average molecular weight is 370 g/mol. The van der Waals surface area contributed by atoms with E-state index in [4.69, 9.17) is 16.3 Å². The number of aromatic nitrogens is 1. The number of hydrogen-bond acceptors (Lipinski definition) is 3. The number of nitrogens with zero attached hydrogens (tertiary/aromatic N) is 1. The van der Waals surface area contributed by atoms with E-state index in [1.807, 2.05) is 29.7 Å². The molecule has 0 saturated carbocycles. The molecule has 3 rings (SSSR count). The molecule has 1 aromatic heterocycles. The van der Waals surface area contributed by atoms with Crippen LogP contribution in [-0.4, -0.2) is 22.2 Å². The number of rotatable bonds is 5. The van der Waals surface area contributed by atoms with Gasteiger partial charge in [-0.3, -0.25) is 0 Å². The second-order valence-corrected chi connectivity index (χ2v) is 6.38. The topological polar surface area (TPSA) is 51.5 Å². The maximum Gasteiger partial charge on any atom is 0.340 e. The molecule has 1 N–H and O–H groups in total. The number of phenolic OH excluding ortho intramolecular Hbond substituents is 1. The number of carbonyl (C=O) groups is 1. The Labute approximate surface area is 157 Å². The molecule has 0 amide bonds. The minimum atomic E-state index is -0.410. The van der Waals surface area contributed by atoms with Crippen LogP contribution in [0.4, 0.5) is 0 Å². The monoisotopic (exact) mass is 369 g/mol. The van der Waals surface area contributed by atoms with E-state index in [2.05, 4.69) is 6.58 Å². The van der Waals surface area contributed by atoms with Gasteiger partial charge in [0, 0.05) is 27.4 Å². The van der Waals surface area contributed by atoms with Crippen molar-refractivity contribution in [2.24, 2.45) is 0 Å². The standard InChI is InChI=1S/C21H20ClNO3/c1-4-7-16-18(24)11-10-17-20(16)19(21(25)26-5-2)13(3)23(17)15-9-6-8-14(22)12-15/h4,6,8-12,24H,1,5,7H2,2-3H3. The van der Waals surface area contributed by atoms with Gasteiger partial charge in [0.2, 0.25) is 0 Å². The summed E-state index contributed by atoms with van der Waals surface area (Å²) in [6.45, 7) is 7.67. The lowest BCUT2D eigenvalue weighted by molar-refractivity contribution is 0.0527. The van der Waals surface area contributed by atoms with Crippen LogP contribution in [0.5, 0.6) is 5.75 Å². The van der Waals surface area contributed by atoms with E-state index >= 15 is 0 Å². The molecule has 3 aromatic rings. The number of benzene rings is 2. The Bertz CT molecular complexity index is 1000. The molecule has 134 valence electrons. The van der Waals surface area contributed by atoms with Crippen LogP contribution in [0.1, 0.15) is 28.5 Å². The van der Waals surface area contributed by atoms with Crippen molar-refractivity contribution < 1.29 is 14.6 Å². The third-order valence-corrected chi connectivity index (χ3v) is 4.58. The van der Waals surface area contributed by atoms with E-state index in [1.54, 1.807) is 31.2 Å². The molecule has 2 aromatic carbocycles. The Hall–Kier alpha value is -2.72. The first-order valence-corrected chi connectivity index (χ1v) is 8.77. The normalized spacial score (nSPS) is 10.9. The summed E-state index contributed by atoms with van der Waals surface area (Å²) >= 11 is 6.17. The van der Waals surface area contributed by atoms with E-state index in [1.165, 1.54) is 0 Å². The van der Waals surface area contributed by atoms with Crippen LogP contribution < -0.4 is 0 Å². The van der Waals surface area contributed by atoms with E-state index < -0.39 is 5.97 Å².